The summed E-state index contributed by atoms with van der Waals surface area (Å²) in [5, 5.41) is 0. The van der Waals surface area contributed by atoms with Crippen LogP contribution in [0.3, 0.4) is 0 Å². The van der Waals surface area contributed by atoms with Crippen LogP contribution < -0.4 is 5.73 Å². The topological polar surface area (TPSA) is 60.9 Å². The van der Waals surface area contributed by atoms with E-state index >= 15 is 0 Å². The summed E-state index contributed by atoms with van der Waals surface area (Å²) in [5.41, 5.74) is 5.61. The van der Waals surface area contributed by atoms with Gasteiger partial charge in [-0.1, -0.05) is 13.8 Å². The average molecular weight is 209 g/mol. The molecule has 0 fully saturated rings. The first kappa shape index (κ1) is 11.9. The molecule has 0 aliphatic carbocycles. The fourth-order valence-corrected chi connectivity index (χ4v) is 1.64. The molecule has 1 atom stereocenters. The molecule has 1 heterocycles. The summed E-state index contributed by atoms with van der Waals surface area (Å²) in [6.07, 6.45) is 3.48. The quantitative estimate of drug-likeness (QED) is 0.744. The predicted molar refractivity (Wildman–Crippen MR) is 59.6 cm³/mol. The molecule has 1 aromatic rings. The molecule has 15 heavy (non-hydrogen) atoms. The molecule has 0 bridgehead atoms. The molecule has 2 N–H and O–H groups in total. The molecule has 0 aliphatic rings. The highest BCUT2D eigenvalue weighted by Gasteiger charge is 2.24. The van der Waals surface area contributed by atoms with Gasteiger partial charge in [-0.05, 0) is 12.8 Å². The largest absolute Gasteiger partial charge is 0.330 e. The number of rotatable bonds is 5. The van der Waals surface area contributed by atoms with Crippen LogP contribution in [0.5, 0.6) is 0 Å². The Labute approximate surface area is 90.5 Å². The van der Waals surface area contributed by atoms with E-state index in [1.807, 2.05) is 31.5 Å². The minimum atomic E-state index is -0.127. The highest BCUT2D eigenvalue weighted by Crippen LogP contribution is 2.15. The molecule has 1 unspecified atom stereocenters. The van der Waals surface area contributed by atoms with Crippen molar-refractivity contribution in [1.82, 2.24) is 9.55 Å². The van der Waals surface area contributed by atoms with Crippen molar-refractivity contribution in [3.63, 3.8) is 0 Å². The summed E-state index contributed by atoms with van der Waals surface area (Å²) in [5.74, 6) is 0.711. The average Bonchev–Trinajstić information content (AvgIpc) is 2.65. The number of nitrogens with zero attached hydrogens (tertiary/aromatic N) is 2. The van der Waals surface area contributed by atoms with Crippen molar-refractivity contribution in [2.75, 3.05) is 6.54 Å². The zero-order chi connectivity index (χ0) is 11.4. The minimum absolute atomic E-state index is 0.0550. The molecule has 0 amide bonds. The van der Waals surface area contributed by atoms with Crippen LogP contribution in [-0.2, 0) is 6.54 Å². The molecular weight excluding hydrogens is 190 g/mol. The maximum Gasteiger partial charge on any atom is 0.202 e. The lowest BCUT2D eigenvalue weighted by Crippen LogP contribution is -2.30. The van der Waals surface area contributed by atoms with Gasteiger partial charge in [0.2, 0.25) is 5.78 Å². The SMILES string of the molecule is CCn1ccnc1C(=O)C(CN)C(C)C. The van der Waals surface area contributed by atoms with E-state index in [0.29, 0.717) is 12.4 Å². The van der Waals surface area contributed by atoms with Crippen LogP contribution >= 0.6 is 0 Å². The maximum atomic E-state index is 12.1. The summed E-state index contributed by atoms with van der Waals surface area (Å²) in [6.45, 7) is 7.15. The Morgan fingerprint density at radius 2 is 2.27 bits per heavy atom. The van der Waals surface area contributed by atoms with Gasteiger partial charge in [0.1, 0.15) is 0 Å². The van der Waals surface area contributed by atoms with Gasteiger partial charge in [-0.2, -0.15) is 0 Å². The fraction of sp³-hybridized carbons (Fsp3) is 0.636. The first-order chi connectivity index (χ1) is 7.11. The zero-order valence-corrected chi connectivity index (χ0v) is 9.60. The van der Waals surface area contributed by atoms with Crippen LogP contribution in [0.2, 0.25) is 0 Å². The first-order valence-electron chi connectivity index (χ1n) is 5.37. The van der Waals surface area contributed by atoms with Gasteiger partial charge in [0, 0.05) is 31.4 Å². The number of hydrogen-bond acceptors (Lipinski definition) is 3. The lowest BCUT2D eigenvalue weighted by atomic mass is 9.91. The number of imidazole rings is 1. The van der Waals surface area contributed by atoms with E-state index in [-0.39, 0.29) is 17.6 Å². The monoisotopic (exact) mass is 209 g/mol. The molecule has 0 radical (unpaired) electrons. The molecule has 0 aliphatic heterocycles. The van der Waals surface area contributed by atoms with Gasteiger partial charge in [-0.15, -0.1) is 0 Å². The highest BCUT2D eigenvalue weighted by molar-refractivity contribution is 5.95. The fourth-order valence-electron chi connectivity index (χ4n) is 1.64. The zero-order valence-electron chi connectivity index (χ0n) is 9.60. The highest BCUT2D eigenvalue weighted by atomic mass is 16.1. The van der Waals surface area contributed by atoms with Gasteiger partial charge in [-0.3, -0.25) is 4.79 Å². The van der Waals surface area contributed by atoms with Gasteiger partial charge in [0.15, 0.2) is 5.82 Å². The summed E-state index contributed by atoms with van der Waals surface area (Å²) in [6, 6.07) is 0. The maximum absolute atomic E-state index is 12.1. The summed E-state index contributed by atoms with van der Waals surface area (Å²) in [4.78, 5) is 16.2. The van der Waals surface area contributed by atoms with E-state index in [1.165, 1.54) is 0 Å². The third-order valence-corrected chi connectivity index (χ3v) is 2.67. The molecular formula is C11H19N3O. The molecule has 4 nitrogen and oxygen atoms in total. The molecule has 84 valence electrons. The summed E-state index contributed by atoms with van der Waals surface area (Å²) >= 11 is 0. The third-order valence-electron chi connectivity index (χ3n) is 2.67. The van der Waals surface area contributed by atoms with E-state index in [4.69, 9.17) is 5.73 Å². The van der Waals surface area contributed by atoms with E-state index in [0.717, 1.165) is 6.54 Å². The van der Waals surface area contributed by atoms with Crippen LogP contribution in [0.15, 0.2) is 12.4 Å². The van der Waals surface area contributed by atoms with Gasteiger partial charge in [0.25, 0.3) is 0 Å². The Hall–Kier alpha value is -1.16. The summed E-state index contributed by atoms with van der Waals surface area (Å²) in [7, 11) is 0. The van der Waals surface area contributed by atoms with Crippen molar-refractivity contribution in [2.45, 2.75) is 27.3 Å². The van der Waals surface area contributed by atoms with E-state index in [9.17, 15) is 4.79 Å². The lowest BCUT2D eigenvalue weighted by Gasteiger charge is -2.17. The van der Waals surface area contributed by atoms with Crippen molar-refractivity contribution in [3.05, 3.63) is 18.2 Å². The Kier molecular flexibility index (Phi) is 4.03. The van der Waals surface area contributed by atoms with Crippen molar-refractivity contribution in [2.24, 2.45) is 17.6 Å². The number of nitrogens with two attached hydrogens (primary N) is 1. The Balaban J connectivity index is 2.92. The molecule has 4 heteroatoms. The lowest BCUT2D eigenvalue weighted by molar-refractivity contribution is 0.0877. The van der Waals surface area contributed by atoms with Crippen LogP contribution in [0.1, 0.15) is 31.4 Å². The van der Waals surface area contributed by atoms with Crippen molar-refractivity contribution >= 4 is 5.78 Å². The van der Waals surface area contributed by atoms with Crippen molar-refractivity contribution in [3.8, 4) is 0 Å². The number of carbonyl (C=O) groups excluding carboxylic acids is 1. The number of carbonyl (C=O) groups is 1. The molecule has 1 aromatic heterocycles. The molecule has 0 aromatic carbocycles. The van der Waals surface area contributed by atoms with Crippen molar-refractivity contribution in [1.29, 1.82) is 0 Å². The molecule has 1 rings (SSSR count). The van der Waals surface area contributed by atoms with Crippen LogP contribution in [-0.4, -0.2) is 21.9 Å². The van der Waals surface area contributed by atoms with E-state index in [1.54, 1.807) is 6.20 Å². The smallest absolute Gasteiger partial charge is 0.202 e. The predicted octanol–water partition coefficient (Wildman–Crippen LogP) is 1.32. The number of hydrogen-bond donors (Lipinski definition) is 1. The minimum Gasteiger partial charge on any atom is -0.330 e. The second-order valence-corrected chi connectivity index (χ2v) is 3.99. The Bertz CT molecular complexity index is 330. The third kappa shape index (κ3) is 2.45. The second kappa shape index (κ2) is 5.07. The van der Waals surface area contributed by atoms with E-state index < -0.39 is 0 Å². The number of aryl methyl sites for hydroxylation is 1. The van der Waals surface area contributed by atoms with Crippen LogP contribution in [0, 0.1) is 11.8 Å². The Morgan fingerprint density at radius 3 is 2.73 bits per heavy atom. The molecule has 0 spiro atoms. The van der Waals surface area contributed by atoms with Gasteiger partial charge >= 0.3 is 0 Å². The molecule has 0 saturated carbocycles. The van der Waals surface area contributed by atoms with Crippen LogP contribution in [0.4, 0.5) is 0 Å². The number of Topliss-reactive ketones (excluding diaryl/α,β-unsaturated/α-hetero) is 1. The number of ketones is 1. The second-order valence-electron chi connectivity index (χ2n) is 3.99. The van der Waals surface area contributed by atoms with Gasteiger partial charge < -0.3 is 10.3 Å². The van der Waals surface area contributed by atoms with Gasteiger partial charge in [0.05, 0.1) is 0 Å². The normalized spacial score (nSPS) is 13.1. The number of aromatic nitrogens is 2. The van der Waals surface area contributed by atoms with Gasteiger partial charge in [-0.25, -0.2) is 4.98 Å². The van der Waals surface area contributed by atoms with Crippen LogP contribution in [0.25, 0.3) is 0 Å². The molecule has 0 saturated heterocycles. The van der Waals surface area contributed by atoms with E-state index in [2.05, 4.69) is 4.98 Å². The first-order valence-corrected chi connectivity index (χ1v) is 5.37. The van der Waals surface area contributed by atoms with Crippen molar-refractivity contribution < 1.29 is 4.79 Å². The summed E-state index contributed by atoms with van der Waals surface area (Å²) < 4.78 is 1.85. The Morgan fingerprint density at radius 1 is 1.60 bits per heavy atom. The standard InChI is InChI=1S/C11H19N3O/c1-4-14-6-5-13-11(14)10(15)9(7-12)8(2)3/h5-6,8-9H,4,7,12H2,1-3H3.